The largest absolute Gasteiger partial charge is 0.316 e. The molecule has 0 aliphatic heterocycles. The van der Waals surface area contributed by atoms with Gasteiger partial charge in [-0.1, -0.05) is 19.8 Å². The SMILES string of the molecule is CCCn1nccc1C1CCCCC1NC. The Kier molecular flexibility index (Phi) is 3.99. The maximum Gasteiger partial charge on any atom is 0.0492 e. The normalized spacial score (nSPS) is 25.9. The van der Waals surface area contributed by atoms with Gasteiger partial charge in [0.1, 0.15) is 0 Å². The van der Waals surface area contributed by atoms with Crippen molar-refractivity contribution in [2.45, 2.75) is 57.5 Å². The van der Waals surface area contributed by atoms with Crippen molar-refractivity contribution in [3.63, 3.8) is 0 Å². The lowest BCUT2D eigenvalue weighted by molar-refractivity contribution is 0.328. The minimum atomic E-state index is 0.640. The van der Waals surface area contributed by atoms with Gasteiger partial charge in [-0.3, -0.25) is 4.68 Å². The predicted molar refractivity (Wildman–Crippen MR) is 66.6 cm³/mol. The number of nitrogens with zero attached hydrogens (tertiary/aromatic N) is 2. The summed E-state index contributed by atoms with van der Waals surface area (Å²) < 4.78 is 2.19. The molecule has 1 aromatic rings. The molecule has 3 nitrogen and oxygen atoms in total. The van der Waals surface area contributed by atoms with Crippen LogP contribution in [0.4, 0.5) is 0 Å². The third kappa shape index (κ3) is 2.29. The van der Waals surface area contributed by atoms with Crippen molar-refractivity contribution in [2.24, 2.45) is 0 Å². The van der Waals surface area contributed by atoms with Crippen LogP contribution in [0.5, 0.6) is 0 Å². The lowest BCUT2D eigenvalue weighted by atomic mass is 9.82. The molecule has 0 aromatic carbocycles. The first-order chi connectivity index (χ1) is 7.86. The monoisotopic (exact) mass is 221 g/mol. The summed E-state index contributed by atoms with van der Waals surface area (Å²) in [4.78, 5) is 0. The van der Waals surface area contributed by atoms with E-state index in [1.165, 1.54) is 31.4 Å². The Balaban J connectivity index is 2.16. The number of nitrogens with one attached hydrogen (secondary N) is 1. The minimum absolute atomic E-state index is 0.640. The summed E-state index contributed by atoms with van der Waals surface area (Å²) >= 11 is 0. The Hall–Kier alpha value is -0.830. The number of likely N-dealkylation sites (N-methyl/N-ethyl adjacent to an activating group) is 1. The molecule has 1 aromatic heterocycles. The highest BCUT2D eigenvalue weighted by Gasteiger charge is 2.27. The zero-order valence-corrected chi connectivity index (χ0v) is 10.4. The van der Waals surface area contributed by atoms with Crippen LogP contribution in [0.2, 0.25) is 0 Å². The zero-order valence-electron chi connectivity index (χ0n) is 10.4. The van der Waals surface area contributed by atoms with Crippen LogP contribution in [0.15, 0.2) is 12.3 Å². The molecular weight excluding hydrogens is 198 g/mol. The average Bonchev–Trinajstić information content (AvgIpc) is 2.77. The Labute approximate surface area is 98.2 Å². The van der Waals surface area contributed by atoms with E-state index in [-0.39, 0.29) is 0 Å². The third-order valence-corrected chi connectivity index (χ3v) is 3.70. The Morgan fingerprint density at radius 1 is 1.44 bits per heavy atom. The molecule has 1 saturated carbocycles. The molecule has 2 atom stereocenters. The van der Waals surface area contributed by atoms with Crippen molar-refractivity contribution in [2.75, 3.05) is 7.05 Å². The van der Waals surface area contributed by atoms with Crippen molar-refractivity contribution < 1.29 is 0 Å². The second-order valence-corrected chi connectivity index (χ2v) is 4.77. The summed E-state index contributed by atoms with van der Waals surface area (Å²) in [5.74, 6) is 0.660. The molecule has 1 N–H and O–H groups in total. The maximum atomic E-state index is 4.44. The van der Waals surface area contributed by atoms with E-state index in [0.717, 1.165) is 13.0 Å². The van der Waals surface area contributed by atoms with Crippen molar-refractivity contribution >= 4 is 0 Å². The fourth-order valence-corrected chi connectivity index (χ4v) is 2.89. The molecule has 0 spiro atoms. The number of rotatable bonds is 4. The molecule has 0 bridgehead atoms. The van der Waals surface area contributed by atoms with Crippen LogP contribution in [0.25, 0.3) is 0 Å². The van der Waals surface area contributed by atoms with Crippen molar-refractivity contribution in [3.8, 4) is 0 Å². The van der Waals surface area contributed by atoms with Crippen LogP contribution in [-0.4, -0.2) is 22.9 Å². The lowest BCUT2D eigenvalue weighted by Crippen LogP contribution is -2.35. The highest BCUT2D eigenvalue weighted by molar-refractivity contribution is 5.12. The van der Waals surface area contributed by atoms with E-state index in [1.807, 2.05) is 6.20 Å². The highest BCUT2D eigenvalue weighted by Crippen LogP contribution is 2.32. The van der Waals surface area contributed by atoms with E-state index in [4.69, 9.17) is 0 Å². The second-order valence-electron chi connectivity index (χ2n) is 4.77. The number of hydrogen-bond acceptors (Lipinski definition) is 2. The smallest absolute Gasteiger partial charge is 0.0492 e. The summed E-state index contributed by atoms with van der Waals surface area (Å²) in [6.07, 6.45) is 8.45. The summed E-state index contributed by atoms with van der Waals surface area (Å²) in [7, 11) is 2.09. The molecule has 1 heterocycles. The van der Waals surface area contributed by atoms with Gasteiger partial charge in [0.25, 0.3) is 0 Å². The zero-order chi connectivity index (χ0) is 11.4. The maximum absolute atomic E-state index is 4.44. The average molecular weight is 221 g/mol. The molecule has 1 aliphatic carbocycles. The van der Waals surface area contributed by atoms with Gasteiger partial charge in [0.05, 0.1) is 0 Å². The van der Waals surface area contributed by atoms with Crippen molar-refractivity contribution in [3.05, 3.63) is 18.0 Å². The van der Waals surface area contributed by atoms with Crippen LogP contribution in [-0.2, 0) is 6.54 Å². The van der Waals surface area contributed by atoms with Crippen LogP contribution >= 0.6 is 0 Å². The van der Waals surface area contributed by atoms with Gasteiger partial charge in [-0.2, -0.15) is 5.10 Å². The molecule has 3 heteroatoms. The van der Waals surface area contributed by atoms with E-state index in [0.29, 0.717) is 12.0 Å². The summed E-state index contributed by atoms with van der Waals surface area (Å²) in [6, 6.07) is 2.84. The Bertz CT molecular complexity index is 319. The van der Waals surface area contributed by atoms with E-state index in [1.54, 1.807) is 0 Å². The van der Waals surface area contributed by atoms with Gasteiger partial charge in [-0.05, 0) is 32.4 Å². The number of aromatic nitrogens is 2. The first-order valence-corrected chi connectivity index (χ1v) is 6.55. The van der Waals surface area contributed by atoms with Gasteiger partial charge in [-0.25, -0.2) is 0 Å². The molecule has 0 amide bonds. The molecule has 1 aliphatic rings. The first-order valence-electron chi connectivity index (χ1n) is 6.55. The molecule has 1 fully saturated rings. The first kappa shape index (κ1) is 11.6. The minimum Gasteiger partial charge on any atom is -0.316 e. The Morgan fingerprint density at radius 2 is 2.25 bits per heavy atom. The van der Waals surface area contributed by atoms with Gasteiger partial charge >= 0.3 is 0 Å². The highest BCUT2D eigenvalue weighted by atomic mass is 15.3. The fraction of sp³-hybridized carbons (Fsp3) is 0.769. The van der Waals surface area contributed by atoms with E-state index >= 15 is 0 Å². The van der Waals surface area contributed by atoms with Gasteiger partial charge in [0.2, 0.25) is 0 Å². The summed E-state index contributed by atoms with van der Waals surface area (Å²) in [5.41, 5.74) is 1.43. The van der Waals surface area contributed by atoms with Gasteiger partial charge in [0.15, 0.2) is 0 Å². The van der Waals surface area contributed by atoms with Gasteiger partial charge in [-0.15, -0.1) is 0 Å². The fourth-order valence-electron chi connectivity index (χ4n) is 2.89. The van der Waals surface area contributed by atoms with Crippen LogP contribution in [0.3, 0.4) is 0 Å². The molecular formula is C13H23N3. The molecule has 2 unspecified atom stereocenters. The van der Waals surface area contributed by atoms with Gasteiger partial charge < -0.3 is 5.32 Å². The quantitative estimate of drug-likeness (QED) is 0.846. The van der Waals surface area contributed by atoms with Gasteiger partial charge in [0, 0.05) is 30.4 Å². The standard InChI is InChI=1S/C13H23N3/c1-3-10-16-13(8-9-15-16)11-6-4-5-7-12(11)14-2/h8-9,11-12,14H,3-7,10H2,1-2H3. The Morgan fingerprint density at radius 3 is 3.00 bits per heavy atom. The number of aryl methyl sites for hydroxylation is 1. The third-order valence-electron chi connectivity index (χ3n) is 3.70. The topological polar surface area (TPSA) is 29.9 Å². The van der Waals surface area contributed by atoms with Crippen LogP contribution < -0.4 is 5.32 Å². The molecule has 90 valence electrons. The van der Waals surface area contributed by atoms with Crippen LogP contribution in [0.1, 0.15) is 50.6 Å². The van der Waals surface area contributed by atoms with Crippen molar-refractivity contribution in [1.29, 1.82) is 0 Å². The van der Waals surface area contributed by atoms with Crippen molar-refractivity contribution in [1.82, 2.24) is 15.1 Å². The lowest BCUT2D eigenvalue weighted by Gasteiger charge is -2.31. The van der Waals surface area contributed by atoms with E-state index in [2.05, 4.69) is 35.1 Å². The second kappa shape index (κ2) is 5.48. The number of hydrogen-bond donors (Lipinski definition) is 1. The molecule has 0 saturated heterocycles. The van der Waals surface area contributed by atoms with E-state index in [9.17, 15) is 0 Å². The van der Waals surface area contributed by atoms with Crippen LogP contribution in [0, 0.1) is 0 Å². The van der Waals surface area contributed by atoms with E-state index < -0.39 is 0 Å². The predicted octanol–water partition coefficient (Wildman–Crippen LogP) is 2.54. The molecule has 16 heavy (non-hydrogen) atoms. The summed E-state index contributed by atoms with van der Waals surface area (Å²) in [5, 5.41) is 7.91. The molecule has 2 rings (SSSR count). The summed E-state index contributed by atoms with van der Waals surface area (Å²) in [6.45, 7) is 3.26. The molecule has 0 radical (unpaired) electrons.